The molecule has 1 saturated heterocycles. The van der Waals surface area contributed by atoms with Gasteiger partial charge in [0.25, 0.3) is 5.91 Å². The number of halogens is 1. The molecule has 1 aliphatic rings. The van der Waals surface area contributed by atoms with Gasteiger partial charge >= 0.3 is 0 Å². The summed E-state index contributed by atoms with van der Waals surface area (Å²) in [6, 6.07) is 10.00. The van der Waals surface area contributed by atoms with Crippen molar-refractivity contribution in [2.24, 2.45) is 5.73 Å². The molecule has 1 aromatic carbocycles. The van der Waals surface area contributed by atoms with Gasteiger partial charge in [-0.3, -0.25) is 4.79 Å². The summed E-state index contributed by atoms with van der Waals surface area (Å²) in [4.78, 5) is 12.7. The minimum absolute atomic E-state index is 0. The monoisotopic (exact) mass is 392 g/mol. The SMILES string of the molecule is Cc1cccc(-n2nc(C(C)(C)C)cc2NC(=O)[C@@H]2CC[C@H](CN)O2)c1.Cl. The predicted molar refractivity (Wildman–Crippen MR) is 110 cm³/mol. The van der Waals surface area contributed by atoms with E-state index in [0.717, 1.165) is 23.4 Å². The van der Waals surface area contributed by atoms with E-state index < -0.39 is 6.10 Å². The number of carbonyl (C=O) groups excluding carboxylic acids is 1. The quantitative estimate of drug-likeness (QED) is 0.835. The molecule has 0 spiro atoms. The van der Waals surface area contributed by atoms with Gasteiger partial charge in [-0.25, -0.2) is 4.68 Å². The average molecular weight is 393 g/mol. The Morgan fingerprint density at radius 2 is 2.07 bits per heavy atom. The molecule has 7 heteroatoms. The van der Waals surface area contributed by atoms with Crippen molar-refractivity contribution < 1.29 is 9.53 Å². The van der Waals surface area contributed by atoms with E-state index >= 15 is 0 Å². The molecule has 3 N–H and O–H groups in total. The van der Waals surface area contributed by atoms with Crippen molar-refractivity contribution in [3.63, 3.8) is 0 Å². The number of aryl methyl sites for hydroxylation is 1. The van der Waals surface area contributed by atoms with Crippen LogP contribution in [-0.4, -0.2) is 34.4 Å². The van der Waals surface area contributed by atoms with E-state index in [1.807, 2.05) is 37.3 Å². The second kappa shape index (κ2) is 8.42. The van der Waals surface area contributed by atoms with Crippen LogP contribution in [0.2, 0.25) is 0 Å². The summed E-state index contributed by atoms with van der Waals surface area (Å²) in [7, 11) is 0. The van der Waals surface area contributed by atoms with Gasteiger partial charge in [-0.05, 0) is 37.5 Å². The average Bonchev–Trinajstić information content (AvgIpc) is 3.21. The maximum absolute atomic E-state index is 12.7. The molecule has 27 heavy (non-hydrogen) atoms. The summed E-state index contributed by atoms with van der Waals surface area (Å²) in [6.45, 7) is 8.79. The first-order valence-corrected chi connectivity index (χ1v) is 9.12. The fraction of sp³-hybridized carbons (Fsp3) is 0.500. The largest absolute Gasteiger partial charge is 0.364 e. The Morgan fingerprint density at radius 3 is 2.67 bits per heavy atom. The Balaban J connectivity index is 0.00000261. The topological polar surface area (TPSA) is 82.2 Å². The molecule has 6 nitrogen and oxygen atoms in total. The lowest BCUT2D eigenvalue weighted by Crippen LogP contribution is -2.30. The second-order valence-electron chi connectivity index (χ2n) is 7.96. The van der Waals surface area contributed by atoms with Crippen molar-refractivity contribution in [1.29, 1.82) is 0 Å². The lowest BCUT2D eigenvalue weighted by atomic mass is 9.92. The van der Waals surface area contributed by atoms with E-state index in [2.05, 4.69) is 26.1 Å². The van der Waals surface area contributed by atoms with Crippen LogP contribution in [0.1, 0.15) is 44.9 Å². The number of carbonyl (C=O) groups is 1. The first-order chi connectivity index (χ1) is 12.3. The van der Waals surface area contributed by atoms with Crippen molar-refractivity contribution in [1.82, 2.24) is 9.78 Å². The van der Waals surface area contributed by atoms with Crippen LogP contribution < -0.4 is 11.1 Å². The van der Waals surface area contributed by atoms with Gasteiger partial charge in [-0.1, -0.05) is 32.9 Å². The van der Waals surface area contributed by atoms with Crippen LogP contribution in [0.4, 0.5) is 5.82 Å². The number of nitrogens with two attached hydrogens (primary N) is 1. The molecular formula is C20H29ClN4O2. The summed E-state index contributed by atoms with van der Waals surface area (Å²) < 4.78 is 7.51. The molecule has 0 unspecified atom stereocenters. The Kier molecular flexibility index (Phi) is 6.68. The first-order valence-electron chi connectivity index (χ1n) is 9.12. The van der Waals surface area contributed by atoms with Crippen LogP contribution in [0, 0.1) is 6.92 Å². The number of nitrogens with one attached hydrogen (secondary N) is 1. The molecule has 2 atom stereocenters. The number of hydrogen-bond acceptors (Lipinski definition) is 4. The summed E-state index contributed by atoms with van der Waals surface area (Å²) in [6.07, 6.45) is 1.03. The lowest BCUT2D eigenvalue weighted by molar-refractivity contribution is -0.126. The molecule has 2 aromatic rings. The van der Waals surface area contributed by atoms with Gasteiger partial charge in [0.05, 0.1) is 17.5 Å². The third-order valence-electron chi connectivity index (χ3n) is 4.64. The van der Waals surface area contributed by atoms with Gasteiger partial charge in [0.2, 0.25) is 0 Å². The number of anilines is 1. The molecule has 0 bridgehead atoms. The van der Waals surface area contributed by atoms with Crippen molar-refractivity contribution in [3.8, 4) is 5.69 Å². The third kappa shape index (κ3) is 4.89. The Bertz CT molecular complexity index is 798. The maximum atomic E-state index is 12.7. The fourth-order valence-corrected chi connectivity index (χ4v) is 3.07. The van der Waals surface area contributed by atoms with Gasteiger partial charge in [-0.2, -0.15) is 5.10 Å². The zero-order chi connectivity index (χ0) is 18.9. The van der Waals surface area contributed by atoms with Crippen LogP contribution in [-0.2, 0) is 14.9 Å². The van der Waals surface area contributed by atoms with E-state index in [-0.39, 0.29) is 29.8 Å². The zero-order valence-electron chi connectivity index (χ0n) is 16.4. The molecule has 0 saturated carbocycles. The van der Waals surface area contributed by atoms with Gasteiger partial charge in [0.1, 0.15) is 11.9 Å². The van der Waals surface area contributed by atoms with Gasteiger partial charge in [-0.15, -0.1) is 12.4 Å². The fourth-order valence-electron chi connectivity index (χ4n) is 3.07. The van der Waals surface area contributed by atoms with Crippen LogP contribution in [0.15, 0.2) is 30.3 Å². The molecule has 2 heterocycles. The molecule has 148 valence electrons. The lowest BCUT2D eigenvalue weighted by Gasteiger charge is -2.14. The number of hydrogen-bond donors (Lipinski definition) is 2. The normalized spacial score (nSPS) is 19.6. The minimum Gasteiger partial charge on any atom is -0.364 e. The summed E-state index contributed by atoms with van der Waals surface area (Å²) in [5.41, 5.74) is 8.50. The molecular weight excluding hydrogens is 364 g/mol. The number of nitrogens with zero attached hydrogens (tertiary/aromatic N) is 2. The number of rotatable bonds is 4. The van der Waals surface area contributed by atoms with Gasteiger partial charge in [0, 0.05) is 18.0 Å². The molecule has 1 aromatic heterocycles. The molecule has 1 amide bonds. The highest BCUT2D eigenvalue weighted by atomic mass is 35.5. The summed E-state index contributed by atoms with van der Waals surface area (Å²) in [5.74, 6) is 0.514. The van der Waals surface area contributed by atoms with Crippen LogP contribution in [0.5, 0.6) is 0 Å². The van der Waals surface area contributed by atoms with E-state index in [4.69, 9.17) is 15.6 Å². The highest BCUT2D eigenvalue weighted by molar-refractivity contribution is 5.94. The smallest absolute Gasteiger partial charge is 0.254 e. The standard InChI is InChI=1S/C20H28N4O2.ClH/c1-13-6-5-7-14(10-13)24-18(11-17(23-24)20(2,3)4)22-19(25)16-9-8-15(12-21)26-16;/h5-7,10-11,15-16H,8-9,12,21H2,1-4H3,(H,22,25);1H/t15-,16+;/m1./s1. The predicted octanol–water partition coefficient (Wildman–Crippen LogP) is 3.34. The molecule has 0 aliphatic carbocycles. The van der Waals surface area contributed by atoms with E-state index in [1.165, 1.54) is 0 Å². The second-order valence-corrected chi connectivity index (χ2v) is 7.96. The number of aromatic nitrogens is 2. The number of amides is 1. The van der Waals surface area contributed by atoms with Crippen LogP contribution in [0.25, 0.3) is 5.69 Å². The molecule has 1 aliphatic heterocycles. The Morgan fingerprint density at radius 1 is 1.33 bits per heavy atom. The zero-order valence-corrected chi connectivity index (χ0v) is 17.2. The highest BCUT2D eigenvalue weighted by Crippen LogP contribution is 2.27. The van der Waals surface area contributed by atoms with Crippen molar-refractivity contribution in [2.45, 2.75) is 58.2 Å². The van der Waals surface area contributed by atoms with E-state index in [9.17, 15) is 4.79 Å². The third-order valence-corrected chi connectivity index (χ3v) is 4.64. The van der Waals surface area contributed by atoms with Gasteiger partial charge < -0.3 is 15.8 Å². The van der Waals surface area contributed by atoms with E-state index in [0.29, 0.717) is 18.8 Å². The maximum Gasteiger partial charge on any atom is 0.254 e. The number of benzene rings is 1. The minimum atomic E-state index is -0.456. The summed E-state index contributed by atoms with van der Waals surface area (Å²) >= 11 is 0. The van der Waals surface area contributed by atoms with Crippen LogP contribution in [0.3, 0.4) is 0 Å². The number of ether oxygens (including phenoxy) is 1. The Hall–Kier alpha value is -1.89. The summed E-state index contributed by atoms with van der Waals surface area (Å²) in [5, 5.41) is 7.75. The van der Waals surface area contributed by atoms with Crippen molar-refractivity contribution >= 4 is 24.1 Å². The van der Waals surface area contributed by atoms with E-state index in [1.54, 1.807) is 4.68 Å². The highest BCUT2D eigenvalue weighted by Gasteiger charge is 2.31. The Labute approximate surface area is 166 Å². The van der Waals surface area contributed by atoms with Crippen molar-refractivity contribution in [2.75, 3.05) is 11.9 Å². The first kappa shape index (κ1) is 21.4. The van der Waals surface area contributed by atoms with Gasteiger partial charge in [0.15, 0.2) is 0 Å². The molecule has 3 rings (SSSR count). The van der Waals surface area contributed by atoms with Crippen molar-refractivity contribution in [3.05, 3.63) is 41.6 Å². The molecule has 0 radical (unpaired) electrons. The molecule has 1 fully saturated rings. The van der Waals surface area contributed by atoms with Crippen LogP contribution >= 0.6 is 12.4 Å².